The van der Waals surface area contributed by atoms with Crippen molar-refractivity contribution in [3.63, 3.8) is 0 Å². The smallest absolute Gasteiger partial charge is 0.255 e. The Morgan fingerprint density at radius 1 is 1.33 bits per heavy atom. The zero-order valence-corrected chi connectivity index (χ0v) is 14.3. The number of fused-ring (bicyclic) bond motifs is 1. The highest BCUT2D eigenvalue weighted by Crippen LogP contribution is 2.26. The summed E-state index contributed by atoms with van der Waals surface area (Å²) in [5.41, 5.74) is 1.31. The highest BCUT2D eigenvalue weighted by Gasteiger charge is 2.24. The number of H-pyrrole nitrogens is 1. The molecule has 1 N–H and O–H groups in total. The summed E-state index contributed by atoms with van der Waals surface area (Å²) in [5, 5.41) is -0.206. The summed E-state index contributed by atoms with van der Waals surface area (Å²) >= 11 is 5.88. The first kappa shape index (κ1) is 17.0. The van der Waals surface area contributed by atoms with Gasteiger partial charge in [-0.15, -0.1) is 0 Å². The molecule has 0 atom stereocenters. The van der Waals surface area contributed by atoms with Crippen molar-refractivity contribution in [3.8, 4) is 0 Å². The van der Waals surface area contributed by atoms with E-state index in [-0.39, 0.29) is 28.6 Å². The van der Waals surface area contributed by atoms with E-state index in [0.29, 0.717) is 30.9 Å². The van der Waals surface area contributed by atoms with E-state index in [4.69, 9.17) is 11.6 Å². The number of benzene rings is 1. The molecule has 2 heterocycles. The molecule has 0 fully saturated rings. The van der Waals surface area contributed by atoms with Gasteiger partial charge in [-0.05, 0) is 12.1 Å². The zero-order valence-electron chi connectivity index (χ0n) is 13.5. The Morgan fingerprint density at radius 3 is 2.75 bits per heavy atom. The number of hydrogen-bond acceptors (Lipinski definition) is 3. The van der Waals surface area contributed by atoms with Crippen molar-refractivity contribution >= 4 is 11.6 Å². The molecule has 0 bridgehead atoms. The number of aromatic amines is 1. The zero-order chi connectivity index (χ0) is 17.4. The van der Waals surface area contributed by atoms with Gasteiger partial charge in [-0.3, -0.25) is 9.69 Å². The molecule has 128 valence electrons. The van der Waals surface area contributed by atoms with Gasteiger partial charge in [-0.1, -0.05) is 25.4 Å². The molecule has 0 saturated heterocycles. The van der Waals surface area contributed by atoms with Crippen LogP contribution in [0.5, 0.6) is 0 Å². The van der Waals surface area contributed by atoms with Gasteiger partial charge in [0, 0.05) is 37.5 Å². The lowest BCUT2D eigenvalue weighted by molar-refractivity contribution is 0.238. The largest absolute Gasteiger partial charge is 0.310 e. The molecule has 1 aliphatic rings. The molecule has 3 rings (SSSR count). The van der Waals surface area contributed by atoms with Gasteiger partial charge in [-0.25, -0.2) is 13.8 Å². The van der Waals surface area contributed by atoms with Crippen LogP contribution >= 0.6 is 11.6 Å². The normalized spacial score (nSPS) is 14.9. The van der Waals surface area contributed by atoms with E-state index in [9.17, 15) is 13.6 Å². The van der Waals surface area contributed by atoms with Crippen LogP contribution in [0.3, 0.4) is 0 Å². The van der Waals surface area contributed by atoms with Crippen molar-refractivity contribution in [2.45, 2.75) is 39.3 Å². The Hall–Kier alpha value is -1.79. The lowest BCUT2D eigenvalue weighted by Gasteiger charge is -2.28. The average Bonchev–Trinajstić information content (AvgIpc) is 2.55. The van der Waals surface area contributed by atoms with Gasteiger partial charge in [-0.2, -0.15) is 0 Å². The number of rotatable bonds is 3. The van der Waals surface area contributed by atoms with Gasteiger partial charge in [0.1, 0.15) is 17.5 Å². The monoisotopic (exact) mass is 353 g/mol. The fourth-order valence-corrected chi connectivity index (χ4v) is 3.06. The summed E-state index contributed by atoms with van der Waals surface area (Å²) in [6.45, 7) is 5.02. The Morgan fingerprint density at radius 2 is 2.04 bits per heavy atom. The Labute approximate surface area is 143 Å². The molecular formula is C17H18ClF2N3O. The third-order valence-electron chi connectivity index (χ3n) is 4.23. The van der Waals surface area contributed by atoms with Crippen LogP contribution in [-0.4, -0.2) is 21.4 Å². The van der Waals surface area contributed by atoms with Crippen LogP contribution < -0.4 is 5.56 Å². The second-order valence-corrected chi connectivity index (χ2v) is 6.69. The van der Waals surface area contributed by atoms with Crippen molar-refractivity contribution < 1.29 is 8.78 Å². The first-order chi connectivity index (χ1) is 11.4. The Balaban J connectivity index is 1.86. The first-order valence-corrected chi connectivity index (χ1v) is 8.21. The van der Waals surface area contributed by atoms with Crippen LogP contribution in [0.25, 0.3) is 0 Å². The second kappa shape index (κ2) is 6.61. The molecule has 24 heavy (non-hydrogen) atoms. The summed E-state index contributed by atoms with van der Waals surface area (Å²) in [6, 6.07) is 2.08. The van der Waals surface area contributed by atoms with Crippen LogP contribution in [0.1, 0.15) is 42.4 Å². The fourth-order valence-electron chi connectivity index (χ4n) is 2.85. The standard InChI is InChI=1S/C17H18ClF2N3O/c1-9(2)16-21-14-5-6-23(8-11(14)17(24)22-16)7-10-12(19)3-4-13(20)15(10)18/h3-4,9H,5-8H2,1-2H3,(H,21,22,24). The summed E-state index contributed by atoms with van der Waals surface area (Å²) in [6.07, 6.45) is 0.591. The highest BCUT2D eigenvalue weighted by atomic mass is 35.5. The molecule has 0 aliphatic carbocycles. The lowest BCUT2D eigenvalue weighted by Crippen LogP contribution is -2.36. The van der Waals surface area contributed by atoms with Crippen molar-refractivity contribution in [2.75, 3.05) is 6.54 Å². The molecule has 4 nitrogen and oxygen atoms in total. The number of hydrogen-bond donors (Lipinski definition) is 1. The maximum atomic E-state index is 13.9. The van der Waals surface area contributed by atoms with Gasteiger partial charge >= 0.3 is 0 Å². The van der Waals surface area contributed by atoms with Crippen LogP contribution in [0.15, 0.2) is 16.9 Å². The molecule has 1 aromatic carbocycles. The minimum atomic E-state index is -0.647. The minimum Gasteiger partial charge on any atom is -0.310 e. The van der Waals surface area contributed by atoms with Gasteiger partial charge in [0.15, 0.2) is 0 Å². The third-order valence-corrected chi connectivity index (χ3v) is 4.64. The Kier molecular flexibility index (Phi) is 4.69. The molecule has 0 spiro atoms. The SMILES string of the molecule is CC(C)c1nc2c(c(=O)[nH]1)CN(Cc1c(F)ccc(F)c1Cl)CC2. The van der Waals surface area contributed by atoms with E-state index in [0.717, 1.165) is 17.8 Å². The van der Waals surface area contributed by atoms with Gasteiger partial charge < -0.3 is 4.98 Å². The number of nitrogens with zero attached hydrogens (tertiary/aromatic N) is 2. The quantitative estimate of drug-likeness (QED) is 0.860. The van der Waals surface area contributed by atoms with Crippen LogP contribution in [0.2, 0.25) is 5.02 Å². The number of aromatic nitrogens is 2. The van der Waals surface area contributed by atoms with Gasteiger partial charge in [0.25, 0.3) is 5.56 Å². The predicted molar refractivity (Wildman–Crippen MR) is 88.1 cm³/mol. The van der Waals surface area contributed by atoms with Gasteiger partial charge in [0.05, 0.1) is 16.3 Å². The number of nitrogens with one attached hydrogen (secondary N) is 1. The van der Waals surface area contributed by atoms with E-state index < -0.39 is 11.6 Å². The van der Waals surface area contributed by atoms with Crippen molar-refractivity contribution in [3.05, 3.63) is 61.8 Å². The van der Waals surface area contributed by atoms with E-state index in [1.807, 2.05) is 18.7 Å². The molecule has 1 aromatic heterocycles. The summed E-state index contributed by atoms with van der Waals surface area (Å²) < 4.78 is 27.5. The number of halogens is 3. The molecule has 7 heteroatoms. The molecule has 0 radical (unpaired) electrons. The second-order valence-electron chi connectivity index (χ2n) is 6.31. The molecule has 0 saturated carbocycles. The van der Waals surface area contributed by atoms with Gasteiger partial charge in [0.2, 0.25) is 0 Å². The first-order valence-electron chi connectivity index (χ1n) is 7.83. The molecule has 2 aromatic rings. The summed E-state index contributed by atoms with van der Waals surface area (Å²) in [7, 11) is 0. The third kappa shape index (κ3) is 3.21. The molecule has 0 unspecified atom stereocenters. The van der Waals surface area contributed by atoms with E-state index in [1.54, 1.807) is 0 Å². The maximum absolute atomic E-state index is 13.9. The Bertz CT molecular complexity index is 835. The van der Waals surface area contributed by atoms with Crippen molar-refractivity contribution in [2.24, 2.45) is 0 Å². The fraction of sp³-hybridized carbons (Fsp3) is 0.412. The molecule has 1 aliphatic heterocycles. The summed E-state index contributed by atoms with van der Waals surface area (Å²) in [5.74, 6) is -0.381. The predicted octanol–water partition coefficient (Wildman–Crippen LogP) is 3.38. The highest BCUT2D eigenvalue weighted by molar-refractivity contribution is 6.31. The average molecular weight is 354 g/mol. The topological polar surface area (TPSA) is 49.0 Å². The van der Waals surface area contributed by atoms with Crippen molar-refractivity contribution in [1.29, 1.82) is 0 Å². The van der Waals surface area contributed by atoms with E-state index >= 15 is 0 Å². The lowest BCUT2D eigenvalue weighted by atomic mass is 10.0. The minimum absolute atomic E-state index is 0.114. The van der Waals surface area contributed by atoms with E-state index in [1.165, 1.54) is 0 Å². The molecular weight excluding hydrogens is 336 g/mol. The van der Waals surface area contributed by atoms with Crippen LogP contribution in [0, 0.1) is 11.6 Å². The van der Waals surface area contributed by atoms with Crippen molar-refractivity contribution in [1.82, 2.24) is 14.9 Å². The summed E-state index contributed by atoms with van der Waals surface area (Å²) in [4.78, 5) is 21.5. The van der Waals surface area contributed by atoms with Crippen LogP contribution in [0.4, 0.5) is 8.78 Å². The maximum Gasteiger partial charge on any atom is 0.255 e. The van der Waals surface area contributed by atoms with E-state index in [2.05, 4.69) is 9.97 Å². The molecule has 0 amide bonds. The van der Waals surface area contributed by atoms with Crippen LogP contribution in [-0.2, 0) is 19.5 Å².